The molecule has 0 aliphatic carbocycles. The quantitative estimate of drug-likeness (QED) is 0.381. The summed E-state index contributed by atoms with van der Waals surface area (Å²) in [6, 6.07) is 3.99. The lowest BCUT2D eigenvalue weighted by molar-refractivity contribution is -0.991. The highest BCUT2D eigenvalue weighted by Crippen LogP contribution is 2.23. The molecule has 4 N–H and O–H groups in total. The maximum absolute atomic E-state index is 10.6. The molecule has 5 nitrogen and oxygen atoms in total. The van der Waals surface area contributed by atoms with E-state index in [2.05, 4.69) is 0 Å². The smallest absolute Gasteiger partial charge is 0.206 e. The second-order valence-corrected chi connectivity index (χ2v) is 2.76. The van der Waals surface area contributed by atoms with E-state index in [1.807, 2.05) is 0 Å². The number of hydrogen-bond acceptors (Lipinski definition) is 4. The molecule has 0 aliphatic heterocycles. The van der Waals surface area contributed by atoms with Crippen LogP contribution in [-0.4, -0.2) is 15.4 Å². The van der Waals surface area contributed by atoms with Crippen LogP contribution in [0.3, 0.4) is 0 Å². The minimum absolute atomic E-state index is 0.196. The summed E-state index contributed by atoms with van der Waals surface area (Å²) < 4.78 is 0. The lowest BCUT2D eigenvalue weighted by atomic mass is 10.1. The van der Waals surface area contributed by atoms with Crippen molar-refractivity contribution < 1.29 is 20.6 Å². The second-order valence-electron chi connectivity index (χ2n) is 2.76. The van der Waals surface area contributed by atoms with Crippen LogP contribution >= 0.6 is 0 Å². The molecule has 1 aromatic carbocycles. The van der Waals surface area contributed by atoms with Gasteiger partial charge >= 0.3 is 0 Å². The number of quaternary nitrogens is 1. The minimum atomic E-state index is -1.21. The maximum Gasteiger partial charge on any atom is 0.206 e. The molecule has 1 aromatic rings. The zero-order valence-electron chi connectivity index (χ0n) is 7.06. The van der Waals surface area contributed by atoms with E-state index >= 15 is 0 Å². The van der Waals surface area contributed by atoms with Gasteiger partial charge in [-0.3, -0.25) is 0 Å². The summed E-state index contributed by atoms with van der Waals surface area (Å²) in [5, 5.41) is 36.2. The van der Waals surface area contributed by atoms with Gasteiger partial charge in [-0.05, 0) is 18.6 Å². The first kappa shape index (κ1) is 9.94. The van der Waals surface area contributed by atoms with Gasteiger partial charge in [0.25, 0.3) is 0 Å². The molecule has 0 radical (unpaired) electrons. The number of aliphatic hydroxyl groups excluding tert-OH is 1. The van der Waals surface area contributed by atoms with Crippen molar-refractivity contribution >= 4 is 5.69 Å². The molecule has 0 saturated carbocycles. The molecule has 0 amide bonds. The molecular formula is C8H11NO4. The Kier molecular flexibility index (Phi) is 2.84. The Balaban J connectivity index is 3.11. The van der Waals surface area contributed by atoms with Crippen molar-refractivity contribution in [2.75, 3.05) is 0 Å². The lowest BCUT2D eigenvalue weighted by Crippen LogP contribution is -2.99. The van der Waals surface area contributed by atoms with E-state index in [1.54, 1.807) is 0 Å². The molecule has 0 heterocycles. The summed E-state index contributed by atoms with van der Waals surface area (Å²) in [6.45, 7) is 1.53. The predicted molar refractivity (Wildman–Crippen MR) is 44.5 cm³/mol. The molecule has 72 valence electrons. The van der Waals surface area contributed by atoms with Crippen LogP contribution in [0.15, 0.2) is 18.2 Å². The third-order valence-corrected chi connectivity index (χ3v) is 1.73. The second kappa shape index (κ2) is 3.71. The van der Waals surface area contributed by atoms with E-state index < -0.39 is 11.3 Å². The summed E-state index contributed by atoms with van der Waals surface area (Å²) in [4.78, 5) is 0. The van der Waals surface area contributed by atoms with Crippen molar-refractivity contribution in [1.29, 1.82) is 0 Å². The first-order chi connectivity index (χ1) is 6.02. The van der Waals surface area contributed by atoms with E-state index in [4.69, 9.17) is 15.4 Å². The molecule has 0 fully saturated rings. The first-order valence-electron chi connectivity index (χ1n) is 3.76. The topological polar surface area (TPSA) is 88.2 Å². The van der Waals surface area contributed by atoms with Crippen molar-refractivity contribution in [3.05, 3.63) is 29.0 Å². The first-order valence-corrected chi connectivity index (χ1v) is 3.76. The normalized spacial score (nSPS) is 15.4. The molecule has 1 unspecified atom stereocenters. The Morgan fingerprint density at radius 3 is 2.54 bits per heavy atom. The van der Waals surface area contributed by atoms with Crippen LogP contribution in [-0.2, 0) is 0 Å². The number of phenolic OH excluding ortho intramolecular Hbond substituents is 1. The number of hydrogen-bond donors (Lipinski definition) is 4. The number of aromatic hydroxyl groups is 1. The summed E-state index contributed by atoms with van der Waals surface area (Å²) in [6.07, 6.45) is -0.737. The Morgan fingerprint density at radius 1 is 1.46 bits per heavy atom. The monoisotopic (exact) mass is 185 g/mol. The third kappa shape index (κ3) is 2.16. The average molecular weight is 185 g/mol. The Hall–Kier alpha value is -1.14. The fourth-order valence-electron chi connectivity index (χ4n) is 0.985. The molecule has 0 saturated heterocycles. The Bertz CT molecular complexity index is 298. The van der Waals surface area contributed by atoms with Crippen LogP contribution in [0.25, 0.3) is 0 Å². The van der Waals surface area contributed by atoms with E-state index in [-0.39, 0.29) is 11.4 Å². The number of phenols is 1. The van der Waals surface area contributed by atoms with E-state index in [1.165, 1.54) is 25.1 Å². The molecule has 0 aliphatic rings. The lowest BCUT2D eigenvalue weighted by Gasteiger charge is -2.14. The third-order valence-electron chi connectivity index (χ3n) is 1.73. The summed E-state index contributed by atoms with van der Waals surface area (Å²) in [5.74, 6) is -0.295. The molecule has 0 bridgehead atoms. The molecular weight excluding hydrogens is 174 g/mol. The SMILES string of the molecule is C[C@H](O)c1ccc(O)c([NH+]([O-])O)c1. The molecule has 0 aromatic heterocycles. The van der Waals surface area contributed by atoms with Gasteiger partial charge in [0.2, 0.25) is 5.69 Å². The highest BCUT2D eigenvalue weighted by Gasteiger charge is 2.10. The van der Waals surface area contributed by atoms with Crippen LogP contribution in [0.2, 0.25) is 0 Å². The molecule has 1 rings (SSSR count). The van der Waals surface area contributed by atoms with Gasteiger partial charge in [0.05, 0.1) is 6.10 Å². The van der Waals surface area contributed by atoms with Crippen molar-refractivity contribution in [2.24, 2.45) is 0 Å². The van der Waals surface area contributed by atoms with Crippen LogP contribution in [0.1, 0.15) is 18.6 Å². The minimum Gasteiger partial charge on any atom is -0.595 e. The zero-order chi connectivity index (χ0) is 10.0. The summed E-state index contributed by atoms with van der Waals surface area (Å²) in [5.41, 5.74) is 0.272. The van der Waals surface area contributed by atoms with Crippen LogP contribution in [0.5, 0.6) is 5.75 Å². The Morgan fingerprint density at radius 2 is 2.08 bits per heavy atom. The summed E-state index contributed by atoms with van der Waals surface area (Å²) >= 11 is 0. The van der Waals surface area contributed by atoms with Gasteiger partial charge in [-0.1, -0.05) is 6.07 Å². The van der Waals surface area contributed by atoms with Gasteiger partial charge in [-0.15, -0.1) is 0 Å². The molecule has 5 heteroatoms. The molecule has 2 atom stereocenters. The van der Waals surface area contributed by atoms with E-state index in [0.717, 1.165) is 0 Å². The van der Waals surface area contributed by atoms with Gasteiger partial charge in [0, 0.05) is 6.07 Å². The summed E-state index contributed by atoms with van der Waals surface area (Å²) in [7, 11) is 0. The van der Waals surface area contributed by atoms with Crippen LogP contribution in [0, 0.1) is 5.21 Å². The van der Waals surface area contributed by atoms with Crippen LogP contribution in [0.4, 0.5) is 5.69 Å². The van der Waals surface area contributed by atoms with Crippen molar-refractivity contribution in [3.8, 4) is 5.75 Å². The van der Waals surface area contributed by atoms with Crippen molar-refractivity contribution in [1.82, 2.24) is 0 Å². The van der Waals surface area contributed by atoms with Gasteiger partial charge in [0.15, 0.2) is 5.75 Å². The van der Waals surface area contributed by atoms with Gasteiger partial charge in [-0.2, -0.15) is 5.23 Å². The van der Waals surface area contributed by atoms with Gasteiger partial charge in [-0.25, -0.2) is 5.21 Å². The fraction of sp³-hybridized carbons (Fsp3) is 0.250. The number of nitrogens with one attached hydrogen (secondary N) is 1. The highest BCUT2D eigenvalue weighted by atomic mass is 16.8. The standard InChI is InChI=1S/C8H11NO4/c1-5(10)6-2-3-8(11)7(4-6)9(12)13/h2-5,9-12H,1H3/t5-/m0/s1. The highest BCUT2D eigenvalue weighted by molar-refractivity contribution is 5.47. The van der Waals surface area contributed by atoms with E-state index in [9.17, 15) is 5.21 Å². The maximum atomic E-state index is 10.6. The molecule has 13 heavy (non-hydrogen) atoms. The van der Waals surface area contributed by atoms with E-state index in [0.29, 0.717) is 5.56 Å². The number of aliphatic hydroxyl groups is 1. The number of rotatable bonds is 2. The number of benzene rings is 1. The zero-order valence-corrected chi connectivity index (χ0v) is 7.06. The van der Waals surface area contributed by atoms with Crippen molar-refractivity contribution in [3.63, 3.8) is 0 Å². The van der Waals surface area contributed by atoms with Crippen LogP contribution < -0.4 is 5.23 Å². The Labute approximate surface area is 75.0 Å². The van der Waals surface area contributed by atoms with Gasteiger partial charge in [0.1, 0.15) is 0 Å². The fourth-order valence-corrected chi connectivity index (χ4v) is 0.985. The van der Waals surface area contributed by atoms with Crippen molar-refractivity contribution in [2.45, 2.75) is 13.0 Å². The average Bonchev–Trinajstić information content (AvgIpc) is 2.04. The van der Waals surface area contributed by atoms with Gasteiger partial charge < -0.3 is 15.4 Å². The largest absolute Gasteiger partial charge is 0.595 e. The predicted octanol–water partition coefficient (Wildman–Crippen LogP) is -0.151. The molecule has 0 spiro atoms.